The van der Waals surface area contributed by atoms with Crippen molar-refractivity contribution in [2.45, 2.75) is 156 Å². The van der Waals surface area contributed by atoms with Crippen LogP contribution in [0.15, 0.2) is 146 Å². The van der Waals surface area contributed by atoms with Gasteiger partial charge in [0.05, 0.1) is 26.9 Å². The molecule has 0 amide bonds. The minimum atomic E-state index is 0.318. The number of fused-ring (bicyclic) bond motifs is 4. The summed E-state index contributed by atoms with van der Waals surface area (Å²) in [7, 11) is 1.71. The van der Waals surface area contributed by atoms with Crippen molar-refractivity contribution in [1.82, 2.24) is 37.9 Å². The monoisotopic (exact) mass is 1520 g/mol. The summed E-state index contributed by atoms with van der Waals surface area (Å²) in [6, 6.07) is 41.8. The first kappa shape index (κ1) is 81.0. The predicted molar refractivity (Wildman–Crippen MR) is 450 cm³/mol. The molecule has 8 heterocycles. The molecular weight excluding hydrogens is 1400 g/mol. The smallest absolute Gasteiger partial charge is 0.164 e. The maximum Gasteiger partial charge on any atom is 0.164 e. The minimum Gasteiger partial charge on any atom is -0.497 e. The Hall–Kier alpha value is -9.08. The summed E-state index contributed by atoms with van der Waals surface area (Å²) < 4.78 is 31.1. The summed E-state index contributed by atoms with van der Waals surface area (Å²) in [6.45, 7) is 34.2. The van der Waals surface area contributed by atoms with Gasteiger partial charge >= 0.3 is 0 Å². The van der Waals surface area contributed by atoms with Crippen LogP contribution in [-0.2, 0) is 51.9 Å². The van der Waals surface area contributed by atoms with E-state index in [1.165, 1.54) is 84.3 Å². The topological polar surface area (TPSA) is 151 Å². The van der Waals surface area contributed by atoms with Gasteiger partial charge in [-0.1, -0.05) is 0 Å². The van der Waals surface area contributed by atoms with Crippen LogP contribution in [-0.4, -0.2) is 219 Å². The van der Waals surface area contributed by atoms with Gasteiger partial charge in [0, 0.05) is 256 Å². The Kier molecular flexibility index (Phi) is 29.7. The molecule has 0 spiro atoms. The van der Waals surface area contributed by atoms with Gasteiger partial charge in [-0.25, -0.2) is 0 Å². The summed E-state index contributed by atoms with van der Waals surface area (Å²) in [5.74, 6) is 5.04. The van der Waals surface area contributed by atoms with Gasteiger partial charge in [0.15, 0.2) is 23.1 Å². The van der Waals surface area contributed by atoms with Crippen molar-refractivity contribution >= 4 is 45.9 Å². The zero-order valence-corrected chi connectivity index (χ0v) is 67.6. The standard InChI is InChI=1S/C24H33N3O2.2C23H31N3O2.C22H29N3O2/c1-2-29-21-10-8-20(9-11-21)26-18-16-25(17-19-26)13-3-4-14-27-15-12-22-23(27)6-5-7-24(22)28;1-28-20-9-7-19(8-10-20)25-17-15-24(16-18-25)12-2-3-13-26-14-11-21-22(26)5-4-6-23(21)27;1-2-28-20-9-7-19(8-10-20)25-17-15-24(16-18-25)12-4-13-26-14-11-21-22(26)5-3-6-23(21)27;1-2-27-19-8-6-18(7-9-19)24-15-12-23(13-16-24)14-17-25-11-10-20-21(25)4-3-5-22(20)26/h8-12,15H,2-7,13-14,16-19H2,1H3;2*7-11,14H,2-6,12-13,15-18H2,1H3;6-11H,2-5,12-17H2,1H3. The number of hydrogen-bond donors (Lipinski definition) is 0. The fourth-order valence-electron chi connectivity index (χ4n) is 17.6. The van der Waals surface area contributed by atoms with Crippen LogP contribution in [0.4, 0.5) is 22.7 Å². The Morgan fingerprint density at radius 1 is 0.259 bits per heavy atom. The lowest BCUT2D eigenvalue weighted by molar-refractivity contribution is 0.0963. The number of aromatic nitrogens is 4. The highest BCUT2D eigenvalue weighted by Crippen LogP contribution is 2.30. The number of unbranched alkanes of at least 4 members (excludes halogenated alkanes) is 2. The average Bonchev–Trinajstić information content (AvgIpc) is 1.67. The number of nitrogens with zero attached hydrogens (tertiary/aromatic N) is 12. The van der Waals surface area contributed by atoms with Crippen molar-refractivity contribution in [2.24, 2.45) is 0 Å². The Labute approximate surface area is 666 Å². The molecule has 0 N–H and O–H groups in total. The fourth-order valence-corrected chi connectivity index (χ4v) is 17.6. The number of aryl methyl sites for hydroxylation is 3. The predicted octanol–water partition coefficient (Wildman–Crippen LogP) is 14.5. The summed E-state index contributed by atoms with van der Waals surface area (Å²) in [5.41, 5.74) is 14.1. The van der Waals surface area contributed by atoms with Gasteiger partial charge in [-0.05, 0) is 245 Å². The van der Waals surface area contributed by atoms with E-state index in [2.05, 4.69) is 167 Å². The molecule has 0 atom stereocenters. The van der Waals surface area contributed by atoms with E-state index >= 15 is 0 Å². The third-order valence-corrected chi connectivity index (χ3v) is 24.0. The molecule has 0 bridgehead atoms. The molecule has 4 fully saturated rings. The quantitative estimate of drug-likeness (QED) is 0.0427. The van der Waals surface area contributed by atoms with Gasteiger partial charge in [0.1, 0.15) is 23.0 Å². The molecule has 20 nitrogen and oxygen atoms in total. The van der Waals surface area contributed by atoms with Crippen LogP contribution in [0.1, 0.15) is 168 Å². The highest BCUT2D eigenvalue weighted by atomic mass is 16.5. The summed E-state index contributed by atoms with van der Waals surface area (Å²) in [4.78, 5) is 68.0. The number of Topliss-reactive ketones (excluding diaryl/α,β-unsaturated/α-hetero) is 4. The third kappa shape index (κ3) is 21.8. The van der Waals surface area contributed by atoms with E-state index in [0.717, 1.165) is 266 Å². The number of rotatable bonds is 28. The Balaban J connectivity index is 0.000000131. The maximum absolute atomic E-state index is 12.0. The van der Waals surface area contributed by atoms with E-state index in [4.69, 9.17) is 18.9 Å². The summed E-state index contributed by atoms with van der Waals surface area (Å²) in [5, 5.41) is 0. The Morgan fingerprint density at radius 3 is 0.777 bits per heavy atom. The van der Waals surface area contributed by atoms with Crippen molar-refractivity contribution in [3.63, 3.8) is 0 Å². The zero-order chi connectivity index (χ0) is 77.4. The number of ketones is 4. The van der Waals surface area contributed by atoms with Crippen molar-refractivity contribution in [1.29, 1.82) is 0 Å². The number of ether oxygens (including phenoxy) is 4. The van der Waals surface area contributed by atoms with Gasteiger partial charge in [-0.15, -0.1) is 0 Å². The first-order chi connectivity index (χ1) is 55.0. The molecule has 600 valence electrons. The Bertz CT molecular complexity index is 4240. The normalized spacial score (nSPS) is 17.6. The van der Waals surface area contributed by atoms with E-state index in [-0.39, 0.29) is 0 Å². The van der Waals surface area contributed by atoms with E-state index in [0.29, 0.717) is 49.4 Å². The van der Waals surface area contributed by atoms with E-state index in [9.17, 15) is 19.2 Å². The molecule has 112 heavy (non-hydrogen) atoms. The summed E-state index contributed by atoms with van der Waals surface area (Å²) in [6.07, 6.45) is 25.4. The van der Waals surface area contributed by atoms with Gasteiger partial charge in [0.2, 0.25) is 0 Å². The molecular formula is C92H124N12O8. The molecule has 4 aromatic carbocycles. The largest absolute Gasteiger partial charge is 0.497 e. The average molecular weight is 1530 g/mol. The molecule has 0 radical (unpaired) electrons. The van der Waals surface area contributed by atoms with Crippen molar-refractivity contribution in [2.75, 3.05) is 177 Å². The van der Waals surface area contributed by atoms with Crippen molar-refractivity contribution < 1.29 is 38.1 Å². The lowest BCUT2D eigenvalue weighted by atomic mass is 9.97. The highest BCUT2D eigenvalue weighted by Gasteiger charge is 2.27. The molecule has 16 rings (SSSR count). The molecule has 4 aliphatic carbocycles. The van der Waals surface area contributed by atoms with Crippen LogP contribution in [0.3, 0.4) is 0 Å². The molecule has 0 saturated carbocycles. The van der Waals surface area contributed by atoms with Crippen LogP contribution in [0.2, 0.25) is 0 Å². The molecule has 4 saturated heterocycles. The zero-order valence-electron chi connectivity index (χ0n) is 67.6. The number of methoxy groups -OCH3 is 1. The van der Waals surface area contributed by atoms with E-state index in [1.54, 1.807) is 7.11 Å². The van der Waals surface area contributed by atoms with Crippen LogP contribution in [0.25, 0.3) is 0 Å². The Morgan fingerprint density at radius 2 is 0.500 bits per heavy atom. The third-order valence-electron chi connectivity index (χ3n) is 24.0. The second-order valence-electron chi connectivity index (χ2n) is 31.1. The maximum atomic E-state index is 12.0. The molecule has 4 aliphatic heterocycles. The lowest BCUT2D eigenvalue weighted by Gasteiger charge is -2.36. The molecule has 0 unspecified atom stereocenters. The summed E-state index contributed by atoms with van der Waals surface area (Å²) >= 11 is 0. The number of anilines is 4. The number of hydrogen-bond acceptors (Lipinski definition) is 16. The SMILES string of the molecule is CCOc1ccc(N2CCN(CCCCn3ccc4c3CCCC4=O)CC2)cc1.CCOc1ccc(N2CCN(CCCn3ccc4c3CCCC4=O)CC2)cc1.CCOc1ccc(N2CCN(CCn3ccc4c3CCCC4=O)CC2)cc1.COc1ccc(N2CCN(CCCCn3ccc4c3CCCC4=O)CC2)cc1. The lowest BCUT2D eigenvalue weighted by Crippen LogP contribution is -2.47. The number of piperazine rings is 4. The van der Waals surface area contributed by atoms with Crippen molar-refractivity contribution in [3.05, 3.63) is 191 Å². The molecule has 4 aromatic heterocycles. The first-order valence-electron chi connectivity index (χ1n) is 42.5. The van der Waals surface area contributed by atoms with Crippen molar-refractivity contribution in [3.8, 4) is 23.0 Å². The highest BCUT2D eigenvalue weighted by molar-refractivity contribution is 6.00. The second-order valence-corrected chi connectivity index (χ2v) is 31.1. The minimum absolute atomic E-state index is 0.318. The number of carbonyl (C=O) groups excluding carboxylic acids is 4. The van der Waals surface area contributed by atoms with E-state index in [1.807, 2.05) is 57.2 Å². The molecule has 8 aliphatic rings. The second kappa shape index (κ2) is 41.1. The number of benzene rings is 4. The fraction of sp³-hybridized carbons (Fsp3) is 0.522. The van der Waals surface area contributed by atoms with Gasteiger partial charge in [0.25, 0.3) is 0 Å². The van der Waals surface area contributed by atoms with Crippen LogP contribution in [0, 0.1) is 0 Å². The molecule has 20 heteroatoms. The van der Waals surface area contributed by atoms with Gasteiger partial charge in [-0.3, -0.25) is 38.8 Å². The van der Waals surface area contributed by atoms with E-state index < -0.39 is 0 Å². The van der Waals surface area contributed by atoms with Gasteiger partial charge in [-0.2, -0.15) is 0 Å². The van der Waals surface area contributed by atoms with Crippen LogP contribution in [0.5, 0.6) is 23.0 Å². The molecule has 8 aromatic rings. The number of carbonyl (C=O) groups is 4. The van der Waals surface area contributed by atoms with Crippen LogP contribution < -0.4 is 38.5 Å². The first-order valence-corrected chi connectivity index (χ1v) is 42.5. The van der Waals surface area contributed by atoms with Crippen LogP contribution >= 0.6 is 0 Å². The van der Waals surface area contributed by atoms with Gasteiger partial charge < -0.3 is 56.8 Å².